The summed E-state index contributed by atoms with van der Waals surface area (Å²) < 4.78 is 0. The minimum Gasteiger partial charge on any atom is -0.129 e. The molecule has 0 aliphatic rings. The zero-order valence-electron chi connectivity index (χ0n) is 6.77. The number of allylic oxidation sites excluding steroid dienone is 2. The number of hydrogen-bond donors (Lipinski definition) is 0. The molecule has 0 unspecified atom stereocenters. The molecule has 0 N–H and O–H groups in total. The highest BCUT2D eigenvalue weighted by Gasteiger charge is 1.74. The van der Waals surface area contributed by atoms with Crippen LogP contribution in [0.2, 0.25) is 0 Å². The molecule has 0 rings (SSSR count). The zero-order valence-corrected chi connectivity index (χ0v) is 6.77. The summed E-state index contributed by atoms with van der Waals surface area (Å²) in [6.07, 6.45) is 10.6. The maximum absolute atomic E-state index is 3.61. The average Bonchev–Trinajstić information content (AvgIpc) is 1.97. The van der Waals surface area contributed by atoms with E-state index in [1.807, 2.05) is 12.2 Å². The van der Waals surface area contributed by atoms with Crippen molar-refractivity contribution in [3.8, 4) is 0 Å². The zero-order chi connectivity index (χ0) is 7.66. The molecule has 0 aromatic carbocycles. The highest BCUT2D eigenvalue weighted by atomic mass is 13.8. The summed E-state index contributed by atoms with van der Waals surface area (Å²) in [5, 5.41) is 0. The van der Waals surface area contributed by atoms with Crippen molar-refractivity contribution in [2.24, 2.45) is 0 Å². The van der Waals surface area contributed by atoms with Crippen LogP contribution in [0.4, 0.5) is 0 Å². The summed E-state index contributed by atoms with van der Waals surface area (Å²) in [6.45, 7) is 5.81. The van der Waals surface area contributed by atoms with E-state index < -0.39 is 0 Å². The molecule has 0 heterocycles. The van der Waals surface area contributed by atoms with Crippen molar-refractivity contribution >= 4 is 0 Å². The monoisotopic (exact) mass is 136 g/mol. The molecule has 0 saturated carbocycles. The van der Waals surface area contributed by atoms with E-state index in [4.69, 9.17) is 0 Å². The fraction of sp³-hybridized carbons (Fsp3) is 0.500. The molecular weight excluding hydrogens is 120 g/mol. The number of hydrogen-bond acceptors (Lipinski definition) is 0. The van der Waals surface area contributed by atoms with Crippen LogP contribution in [0.15, 0.2) is 30.5 Å². The molecule has 56 valence electrons. The second-order valence-corrected chi connectivity index (χ2v) is 2.24. The van der Waals surface area contributed by atoms with Gasteiger partial charge in [0, 0.05) is 0 Å². The lowest BCUT2D eigenvalue weighted by Crippen LogP contribution is -1.63. The second kappa shape index (κ2) is 8.26. The first-order chi connectivity index (χ1) is 4.91. The summed E-state index contributed by atoms with van der Waals surface area (Å²) >= 11 is 0. The first-order valence-corrected chi connectivity index (χ1v) is 3.92. The molecule has 0 radical (unpaired) electrons. The van der Waals surface area contributed by atoms with Gasteiger partial charge in [-0.15, -0.1) is 12.3 Å². The van der Waals surface area contributed by atoms with Crippen LogP contribution in [0.25, 0.3) is 0 Å². The second-order valence-electron chi connectivity index (χ2n) is 2.24. The van der Waals surface area contributed by atoms with E-state index in [-0.39, 0.29) is 0 Å². The largest absolute Gasteiger partial charge is 0.129 e. The van der Waals surface area contributed by atoms with E-state index in [9.17, 15) is 0 Å². The van der Waals surface area contributed by atoms with E-state index in [0.717, 1.165) is 12.8 Å². The lowest BCUT2D eigenvalue weighted by molar-refractivity contribution is 0.815. The van der Waals surface area contributed by atoms with Crippen molar-refractivity contribution in [2.45, 2.75) is 32.6 Å². The maximum atomic E-state index is 3.61. The van der Waals surface area contributed by atoms with Gasteiger partial charge < -0.3 is 0 Å². The minimum atomic E-state index is 0.933. The van der Waals surface area contributed by atoms with Crippen LogP contribution < -0.4 is 0 Å². The highest BCUT2D eigenvalue weighted by molar-refractivity contribution is 4.89. The number of unbranched alkanes of at least 4 members (excludes halogenated alkanes) is 2. The predicted octanol–water partition coefficient (Wildman–Crippen LogP) is 3.46. The summed E-state index contributed by atoms with van der Waals surface area (Å²) in [5.74, 6) is 0. The van der Waals surface area contributed by atoms with E-state index in [2.05, 4.69) is 25.3 Å². The molecule has 0 aromatic heterocycles. The van der Waals surface area contributed by atoms with Crippen molar-refractivity contribution in [1.29, 1.82) is 0 Å². The molecule has 0 aliphatic carbocycles. The SMILES string of the molecule is C=CCC=C=CCCCC. The van der Waals surface area contributed by atoms with Crippen molar-refractivity contribution < 1.29 is 0 Å². The van der Waals surface area contributed by atoms with Crippen LogP contribution in [-0.2, 0) is 0 Å². The van der Waals surface area contributed by atoms with Gasteiger partial charge in [-0.1, -0.05) is 19.4 Å². The van der Waals surface area contributed by atoms with Gasteiger partial charge in [-0.3, -0.25) is 0 Å². The van der Waals surface area contributed by atoms with E-state index in [1.54, 1.807) is 0 Å². The third-order valence-electron chi connectivity index (χ3n) is 1.22. The fourth-order valence-electron chi connectivity index (χ4n) is 0.624. The summed E-state index contributed by atoms with van der Waals surface area (Å²) in [7, 11) is 0. The van der Waals surface area contributed by atoms with Gasteiger partial charge in [0.2, 0.25) is 0 Å². The Morgan fingerprint density at radius 3 is 2.80 bits per heavy atom. The lowest BCUT2D eigenvalue weighted by atomic mass is 10.2. The van der Waals surface area contributed by atoms with Gasteiger partial charge in [-0.2, -0.15) is 0 Å². The summed E-state index contributed by atoms with van der Waals surface area (Å²) in [6, 6.07) is 0. The third kappa shape index (κ3) is 7.26. The van der Waals surface area contributed by atoms with Crippen LogP contribution in [0.1, 0.15) is 32.6 Å². The molecule has 0 spiro atoms. The molecule has 0 atom stereocenters. The van der Waals surface area contributed by atoms with E-state index in [1.165, 1.54) is 12.8 Å². The summed E-state index contributed by atoms with van der Waals surface area (Å²) in [4.78, 5) is 0. The molecule has 0 fully saturated rings. The Labute approximate surface area is 64.0 Å². The van der Waals surface area contributed by atoms with Crippen LogP contribution in [0.3, 0.4) is 0 Å². The Hall–Kier alpha value is -0.740. The van der Waals surface area contributed by atoms with Crippen LogP contribution in [0.5, 0.6) is 0 Å². The maximum Gasteiger partial charge on any atom is -0.00957 e. The van der Waals surface area contributed by atoms with E-state index in [0.29, 0.717) is 0 Å². The fourth-order valence-corrected chi connectivity index (χ4v) is 0.624. The van der Waals surface area contributed by atoms with Gasteiger partial charge >= 0.3 is 0 Å². The van der Waals surface area contributed by atoms with Gasteiger partial charge in [0.15, 0.2) is 0 Å². The Morgan fingerprint density at radius 2 is 2.20 bits per heavy atom. The van der Waals surface area contributed by atoms with Crippen molar-refractivity contribution in [3.05, 3.63) is 30.5 Å². The molecule has 0 bridgehead atoms. The molecule has 0 heteroatoms. The quantitative estimate of drug-likeness (QED) is 0.308. The van der Waals surface area contributed by atoms with Gasteiger partial charge in [0.25, 0.3) is 0 Å². The van der Waals surface area contributed by atoms with Crippen LogP contribution >= 0.6 is 0 Å². The standard InChI is InChI=1S/C10H16/c1-3-5-7-9-10-8-6-4-2/h3,7,10H,1,4-6,8H2,2H3. The minimum absolute atomic E-state index is 0.933. The Bertz CT molecular complexity index is 125. The molecule has 0 aliphatic heterocycles. The number of rotatable bonds is 5. The smallest absolute Gasteiger partial charge is 0.00957 e. The molecule has 0 nitrogen and oxygen atoms in total. The molecular formula is C10H16. The first kappa shape index (κ1) is 9.26. The van der Waals surface area contributed by atoms with Crippen LogP contribution in [-0.4, -0.2) is 0 Å². The Morgan fingerprint density at radius 1 is 1.40 bits per heavy atom. The first-order valence-electron chi connectivity index (χ1n) is 3.92. The van der Waals surface area contributed by atoms with Gasteiger partial charge in [0.05, 0.1) is 0 Å². The molecule has 0 aromatic rings. The molecule has 0 amide bonds. The Kier molecular flexibility index (Phi) is 7.65. The average molecular weight is 136 g/mol. The van der Waals surface area contributed by atoms with Gasteiger partial charge in [-0.05, 0) is 31.4 Å². The molecule has 10 heavy (non-hydrogen) atoms. The van der Waals surface area contributed by atoms with Gasteiger partial charge in [0.1, 0.15) is 0 Å². The third-order valence-corrected chi connectivity index (χ3v) is 1.22. The summed E-state index contributed by atoms with van der Waals surface area (Å²) in [5.41, 5.74) is 3.10. The molecule has 0 saturated heterocycles. The Balaban J connectivity index is 3.25. The van der Waals surface area contributed by atoms with E-state index >= 15 is 0 Å². The normalized spacial score (nSPS) is 8.10. The topological polar surface area (TPSA) is 0 Å². The lowest BCUT2D eigenvalue weighted by Gasteiger charge is -1.83. The van der Waals surface area contributed by atoms with Crippen molar-refractivity contribution in [1.82, 2.24) is 0 Å². The highest BCUT2D eigenvalue weighted by Crippen LogP contribution is 1.93. The van der Waals surface area contributed by atoms with Crippen LogP contribution in [0, 0.1) is 0 Å². The predicted molar refractivity (Wildman–Crippen MR) is 47.0 cm³/mol. The van der Waals surface area contributed by atoms with Crippen molar-refractivity contribution in [3.63, 3.8) is 0 Å². The van der Waals surface area contributed by atoms with Gasteiger partial charge in [-0.25, -0.2) is 0 Å². The van der Waals surface area contributed by atoms with Crippen molar-refractivity contribution in [2.75, 3.05) is 0 Å².